The number of nitrogens with zero attached hydrogens (tertiary/aromatic N) is 1. The Morgan fingerprint density at radius 2 is 1.69 bits per heavy atom. The Labute approximate surface area is 173 Å². The molecule has 1 aromatic heterocycles. The van der Waals surface area contributed by atoms with Gasteiger partial charge in [0.05, 0.1) is 5.69 Å². The molecule has 146 valence electrons. The zero-order valence-electron chi connectivity index (χ0n) is 16.2. The minimum atomic E-state index is -0.468. The fourth-order valence-corrected chi connectivity index (χ4v) is 3.26. The molecule has 2 heterocycles. The zero-order chi connectivity index (χ0) is 20.7. The molecule has 0 unspecified atom stereocenters. The predicted molar refractivity (Wildman–Crippen MR) is 113 cm³/mol. The first-order valence-electron chi connectivity index (χ1n) is 9.14. The summed E-state index contributed by atoms with van der Waals surface area (Å²) in [6.45, 7) is 5.87. The van der Waals surface area contributed by atoms with Gasteiger partial charge in [-0.05, 0) is 73.9 Å². The molecule has 0 aliphatic carbocycles. The molecule has 2 aromatic carbocycles. The molecule has 4 rings (SSSR count). The highest BCUT2D eigenvalue weighted by Crippen LogP contribution is 2.29. The highest BCUT2D eigenvalue weighted by molar-refractivity contribution is 6.32. The smallest absolute Gasteiger partial charge is 0.282 e. The van der Waals surface area contributed by atoms with Crippen molar-refractivity contribution in [1.82, 2.24) is 5.43 Å². The molecule has 1 saturated heterocycles. The first-order chi connectivity index (χ1) is 13.8. The lowest BCUT2D eigenvalue weighted by Crippen LogP contribution is -2.35. The third-order valence-electron chi connectivity index (χ3n) is 5.01. The van der Waals surface area contributed by atoms with E-state index in [1.807, 2.05) is 51.1 Å². The van der Waals surface area contributed by atoms with E-state index in [4.69, 9.17) is 16.0 Å². The standard InChI is InChI=1S/C23H19ClN2O3/c1-13-5-7-17(10-15(13)3)26-23(28)19(22(27)25-26)12-18-8-9-21(29-18)16-6-4-14(2)20(24)11-16/h4-12H,1-3H3,(H,25,27)/b19-12-. The first kappa shape index (κ1) is 19.0. The van der Waals surface area contributed by atoms with Crippen molar-refractivity contribution in [1.29, 1.82) is 0 Å². The minimum absolute atomic E-state index is 0.0195. The van der Waals surface area contributed by atoms with Crippen LogP contribution in [0, 0.1) is 20.8 Å². The number of amides is 2. The molecule has 6 heteroatoms. The Bertz CT molecular complexity index is 1180. The summed E-state index contributed by atoms with van der Waals surface area (Å²) >= 11 is 6.18. The van der Waals surface area contributed by atoms with Crippen LogP contribution >= 0.6 is 11.6 Å². The van der Waals surface area contributed by atoms with E-state index in [-0.39, 0.29) is 5.57 Å². The van der Waals surface area contributed by atoms with Crippen LogP contribution in [-0.4, -0.2) is 11.8 Å². The quantitative estimate of drug-likeness (QED) is 0.492. The van der Waals surface area contributed by atoms with E-state index in [9.17, 15) is 9.59 Å². The van der Waals surface area contributed by atoms with Crippen molar-refractivity contribution in [2.45, 2.75) is 20.8 Å². The average Bonchev–Trinajstić information content (AvgIpc) is 3.26. The summed E-state index contributed by atoms with van der Waals surface area (Å²) in [5.41, 5.74) is 7.19. The van der Waals surface area contributed by atoms with Crippen LogP contribution in [0.2, 0.25) is 5.02 Å². The van der Waals surface area contributed by atoms with Crippen molar-refractivity contribution in [2.75, 3.05) is 5.01 Å². The molecule has 0 radical (unpaired) electrons. The van der Waals surface area contributed by atoms with Gasteiger partial charge in [-0.2, -0.15) is 0 Å². The van der Waals surface area contributed by atoms with Crippen molar-refractivity contribution in [3.8, 4) is 11.3 Å². The van der Waals surface area contributed by atoms with E-state index in [1.165, 1.54) is 11.1 Å². The highest BCUT2D eigenvalue weighted by Gasteiger charge is 2.34. The number of halogens is 1. The summed E-state index contributed by atoms with van der Waals surface area (Å²) in [5, 5.41) is 1.90. The zero-order valence-corrected chi connectivity index (χ0v) is 17.0. The molecular weight excluding hydrogens is 388 g/mol. The Balaban J connectivity index is 1.62. The van der Waals surface area contributed by atoms with Crippen LogP contribution in [0.3, 0.4) is 0 Å². The molecule has 2 amide bonds. The van der Waals surface area contributed by atoms with Crippen molar-refractivity contribution < 1.29 is 14.0 Å². The molecular formula is C23H19ClN2O3. The maximum Gasteiger partial charge on any atom is 0.282 e. The van der Waals surface area contributed by atoms with Gasteiger partial charge in [0.2, 0.25) is 0 Å². The van der Waals surface area contributed by atoms with Crippen molar-refractivity contribution in [2.24, 2.45) is 0 Å². The largest absolute Gasteiger partial charge is 0.457 e. The topological polar surface area (TPSA) is 62.6 Å². The number of aryl methyl sites for hydroxylation is 3. The van der Waals surface area contributed by atoms with Crippen LogP contribution in [0.5, 0.6) is 0 Å². The molecule has 0 atom stereocenters. The third-order valence-corrected chi connectivity index (χ3v) is 5.42. The number of hydrazine groups is 1. The molecule has 0 saturated carbocycles. The maximum atomic E-state index is 12.8. The van der Waals surface area contributed by atoms with Gasteiger partial charge in [0.1, 0.15) is 17.1 Å². The number of hydrogen-bond acceptors (Lipinski definition) is 3. The summed E-state index contributed by atoms with van der Waals surface area (Å²) in [7, 11) is 0. The second-order valence-electron chi connectivity index (χ2n) is 7.07. The maximum absolute atomic E-state index is 12.8. The number of anilines is 1. The van der Waals surface area contributed by atoms with E-state index in [1.54, 1.807) is 18.2 Å². The van der Waals surface area contributed by atoms with Crippen LogP contribution in [-0.2, 0) is 9.59 Å². The Hall–Kier alpha value is -3.31. The van der Waals surface area contributed by atoms with E-state index < -0.39 is 11.8 Å². The summed E-state index contributed by atoms with van der Waals surface area (Å²) in [4.78, 5) is 25.2. The second-order valence-corrected chi connectivity index (χ2v) is 7.48. The molecule has 0 spiro atoms. The van der Waals surface area contributed by atoms with Gasteiger partial charge in [-0.3, -0.25) is 15.0 Å². The van der Waals surface area contributed by atoms with Gasteiger partial charge in [-0.25, -0.2) is 5.01 Å². The van der Waals surface area contributed by atoms with Crippen molar-refractivity contribution in [3.05, 3.63) is 81.6 Å². The third kappa shape index (κ3) is 3.57. The molecule has 0 bridgehead atoms. The SMILES string of the molecule is Cc1ccc(N2NC(=O)/C(=C/c3ccc(-c4ccc(C)c(Cl)c4)o3)C2=O)cc1C. The Morgan fingerprint density at radius 1 is 0.931 bits per heavy atom. The number of carbonyl (C=O) groups excluding carboxylic acids is 2. The number of furan rings is 1. The molecule has 1 N–H and O–H groups in total. The molecule has 5 nitrogen and oxygen atoms in total. The summed E-state index contributed by atoms with van der Waals surface area (Å²) in [6.07, 6.45) is 1.46. The normalized spacial score (nSPS) is 15.3. The van der Waals surface area contributed by atoms with Gasteiger partial charge < -0.3 is 4.42 Å². The lowest BCUT2D eigenvalue weighted by Gasteiger charge is -2.15. The fraction of sp³-hybridized carbons (Fsp3) is 0.130. The molecule has 1 aliphatic heterocycles. The first-order valence-corrected chi connectivity index (χ1v) is 9.52. The molecule has 3 aromatic rings. The molecule has 1 fully saturated rings. The average molecular weight is 407 g/mol. The van der Waals surface area contributed by atoms with Gasteiger partial charge in [0.15, 0.2) is 0 Å². The van der Waals surface area contributed by atoms with E-state index in [2.05, 4.69) is 5.43 Å². The van der Waals surface area contributed by atoms with Crippen LogP contribution in [0.25, 0.3) is 17.4 Å². The highest BCUT2D eigenvalue weighted by atomic mass is 35.5. The van der Waals surface area contributed by atoms with Crippen LogP contribution < -0.4 is 10.4 Å². The summed E-state index contributed by atoms with van der Waals surface area (Å²) in [5.74, 6) is 0.131. The van der Waals surface area contributed by atoms with E-state index >= 15 is 0 Å². The minimum Gasteiger partial charge on any atom is -0.457 e. The van der Waals surface area contributed by atoms with Gasteiger partial charge in [0.25, 0.3) is 11.8 Å². The second kappa shape index (κ2) is 7.26. The van der Waals surface area contributed by atoms with Crippen molar-refractivity contribution >= 4 is 35.2 Å². The Morgan fingerprint density at radius 3 is 2.41 bits per heavy atom. The number of nitrogens with one attached hydrogen (secondary N) is 1. The predicted octanol–water partition coefficient (Wildman–Crippen LogP) is 4.99. The van der Waals surface area contributed by atoms with Crippen LogP contribution in [0.15, 0.2) is 58.5 Å². The Kier molecular flexibility index (Phi) is 4.76. The van der Waals surface area contributed by atoms with E-state index in [0.29, 0.717) is 22.2 Å². The summed E-state index contributed by atoms with van der Waals surface area (Å²) in [6, 6.07) is 14.7. The van der Waals surface area contributed by atoms with E-state index in [0.717, 1.165) is 22.3 Å². The van der Waals surface area contributed by atoms with Gasteiger partial charge >= 0.3 is 0 Å². The lowest BCUT2D eigenvalue weighted by atomic mass is 10.1. The lowest BCUT2D eigenvalue weighted by molar-refractivity contribution is -0.117. The molecule has 29 heavy (non-hydrogen) atoms. The van der Waals surface area contributed by atoms with Crippen LogP contribution in [0.4, 0.5) is 5.69 Å². The number of rotatable bonds is 3. The summed E-state index contributed by atoms with van der Waals surface area (Å²) < 4.78 is 5.81. The molecule has 1 aliphatic rings. The van der Waals surface area contributed by atoms with Gasteiger partial charge in [0, 0.05) is 10.6 Å². The number of carbonyl (C=O) groups is 2. The van der Waals surface area contributed by atoms with Gasteiger partial charge in [-0.1, -0.05) is 29.8 Å². The fourth-order valence-electron chi connectivity index (χ4n) is 3.08. The van der Waals surface area contributed by atoms with Gasteiger partial charge in [-0.15, -0.1) is 0 Å². The number of benzene rings is 2. The number of hydrogen-bond donors (Lipinski definition) is 1. The monoisotopic (exact) mass is 406 g/mol. The van der Waals surface area contributed by atoms with Crippen LogP contribution in [0.1, 0.15) is 22.5 Å². The van der Waals surface area contributed by atoms with Crippen molar-refractivity contribution in [3.63, 3.8) is 0 Å².